The summed E-state index contributed by atoms with van der Waals surface area (Å²) >= 11 is 2.03. The van der Waals surface area contributed by atoms with Gasteiger partial charge in [-0.2, -0.15) is 11.8 Å². The molecule has 2 rings (SSSR count). The van der Waals surface area contributed by atoms with Crippen LogP contribution in [0.4, 0.5) is 5.69 Å². The van der Waals surface area contributed by atoms with Gasteiger partial charge in [0.15, 0.2) is 0 Å². The molecule has 1 aliphatic rings. The summed E-state index contributed by atoms with van der Waals surface area (Å²) in [7, 11) is 0. The molecule has 1 aromatic carbocycles. The number of aryl methyl sites for hydroxylation is 1. The van der Waals surface area contributed by atoms with Gasteiger partial charge in [0.1, 0.15) is 6.29 Å². The van der Waals surface area contributed by atoms with Crippen molar-refractivity contribution in [2.45, 2.75) is 19.1 Å². The smallest absolute Gasteiger partial charge is 0.150 e. The van der Waals surface area contributed by atoms with E-state index in [2.05, 4.69) is 24.0 Å². The van der Waals surface area contributed by atoms with Crippen LogP contribution in [0, 0.1) is 6.92 Å². The molecule has 0 N–H and O–H groups in total. The molecule has 0 saturated carbocycles. The molecule has 86 valence electrons. The van der Waals surface area contributed by atoms with Crippen LogP contribution in [0.1, 0.15) is 22.8 Å². The lowest BCUT2D eigenvalue weighted by molar-refractivity contribution is 0.112. The second-order valence-corrected chi connectivity index (χ2v) is 5.83. The van der Waals surface area contributed by atoms with Gasteiger partial charge in [0, 0.05) is 35.3 Å². The van der Waals surface area contributed by atoms with Crippen molar-refractivity contribution in [3.8, 4) is 0 Å². The van der Waals surface area contributed by atoms with Gasteiger partial charge in [-0.05, 0) is 30.7 Å². The predicted octanol–water partition coefficient (Wildman–Crippen LogP) is 2.75. The Morgan fingerprint density at radius 3 is 2.94 bits per heavy atom. The maximum Gasteiger partial charge on any atom is 0.150 e. The van der Waals surface area contributed by atoms with E-state index in [1.165, 1.54) is 11.4 Å². The largest absolute Gasteiger partial charge is 0.370 e. The van der Waals surface area contributed by atoms with Crippen LogP contribution in [0.3, 0.4) is 0 Å². The van der Waals surface area contributed by atoms with Gasteiger partial charge in [-0.3, -0.25) is 4.79 Å². The Labute approximate surface area is 101 Å². The number of hydrogen-bond acceptors (Lipinski definition) is 3. The van der Waals surface area contributed by atoms with Crippen molar-refractivity contribution in [2.24, 2.45) is 0 Å². The number of benzene rings is 1. The molecule has 0 aliphatic carbocycles. The van der Waals surface area contributed by atoms with Crippen LogP contribution in [0.2, 0.25) is 0 Å². The molecule has 0 aromatic heterocycles. The van der Waals surface area contributed by atoms with E-state index in [9.17, 15) is 4.79 Å². The number of hydrogen-bond donors (Lipinski definition) is 0. The second-order valence-electron chi connectivity index (χ2n) is 4.29. The molecule has 1 fully saturated rings. The first-order valence-corrected chi connectivity index (χ1v) is 6.68. The Hall–Kier alpha value is -0.960. The highest BCUT2D eigenvalue weighted by Gasteiger charge is 2.17. The van der Waals surface area contributed by atoms with Gasteiger partial charge < -0.3 is 4.90 Å². The monoisotopic (exact) mass is 235 g/mol. The quantitative estimate of drug-likeness (QED) is 0.735. The number of carbonyl (C=O) groups is 1. The highest BCUT2D eigenvalue weighted by Crippen LogP contribution is 2.25. The lowest BCUT2D eigenvalue weighted by atomic mass is 10.1. The van der Waals surface area contributed by atoms with E-state index < -0.39 is 0 Å². The first-order chi connectivity index (χ1) is 7.70. The number of carbonyl (C=O) groups excluding carboxylic acids is 1. The minimum atomic E-state index is 0.694. The molecule has 1 unspecified atom stereocenters. The van der Waals surface area contributed by atoms with E-state index in [1.807, 2.05) is 24.8 Å². The SMILES string of the molecule is Cc1cc(N2CCSC(C)C2)ccc1C=O. The Balaban J connectivity index is 2.20. The molecule has 0 radical (unpaired) electrons. The topological polar surface area (TPSA) is 20.3 Å². The normalized spacial score (nSPS) is 20.9. The molecule has 0 spiro atoms. The standard InChI is InChI=1S/C13H17NOS/c1-10-7-13(4-3-12(10)9-15)14-5-6-16-11(2)8-14/h3-4,7,9,11H,5-6,8H2,1-2H3. The van der Waals surface area contributed by atoms with Gasteiger partial charge in [0.2, 0.25) is 0 Å². The summed E-state index contributed by atoms with van der Waals surface area (Å²) in [5.74, 6) is 1.19. The van der Waals surface area contributed by atoms with Gasteiger partial charge >= 0.3 is 0 Å². The molecule has 16 heavy (non-hydrogen) atoms. The predicted molar refractivity (Wildman–Crippen MR) is 70.7 cm³/mol. The zero-order valence-corrected chi connectivity index (χ0v) is 10.6. The molecule has 0 amide bonds. The Morgan fingerprint density at radius 1 is 1.50 bits per heavy atom. The number of nitrogens with zero attached hydrogens (tertiary/aromatic N) is 1. The molecule has 1 aliphatic heterocycles. The molecule has 1 atom stereocenters. The van der Waals surface area contributed by atoms with E-state index in [4.69, 9.17) is 0 Å². The Morgan fingerprint density at radius 2 is 2.31 bits per heavy atom. The van der Waals surface area contributed by atoms with Gasteiger partial charge in [-0.1, -0.05) is 6.92 Å². The van der Waals surface area contributed by atoms with Crippen LogP contribution in [0.5, 0.6) is 0 Å². The van der Waals surface area contributed by atoms with Crippen molar-refractivity contribution >= 4 is 23.7 Å². The summed E-state index contributed by atoms with van der Waals surface area (Å²) in [4.78, 5) is 13.2. The molecule has 1 saturated heterocycles. The second kappa shape index (κ2) is 4.91. The maximum absolute atomic E-state index is 10.8. The zero-order valence-electron chi connectivity index (χ0n) is 9.77. The van der Waals surface area contributed by atoms with Crippen LogP contribution in [0.15, 0.2) is 18.2 Å². The van der Waals surface area contributed by atoms with E-state index in [1.54, 1.807) is 0 Å². The molecule has 3 heteroatoms. The summed E-state index contributed by atoms with van der Waals surface area (Å²) < 4.78 is 0. The van der Waals surface area contributed by atoms with Gasteiger partial charge in [-0.25, -0.2) is 0 Å². The first-order valence-electron chi connectivity index (χ1n) is 5.63. The number of aldehydes is 1. The highest BCUT2D eigenvalue weighted by atomic mass is 32.2. The zero-order chi connectivity index (χ0) is 11.5. The van der Waals surface area contributed by atoms with E-state index in [-0.39, 0.29) is 0 Å². The molecule has 1 heterocycles. The Kier molecular flexibility index (Phi) is 3.54. The summed E-state index contributed by atoms with van der Waals surface area (Å²) in [5, 5.41) is 0.694. The van der Waals surface area contributed by atoms with Crippen LogP contribution in [-0.4, -0.2) is 30.4 Å². The maximum atomic E-state index is 10.8. The van der Waals surface area contributed by atoms with Crippen molar-refractivity contribution in [3.05, 3.63) is 29.3 Å². The average Bonchev–Trinajstić information content (AvgIpc) is 2.29. The summed E-state index contributed by atoms with van der Waals surface area (Å²) in [6, 6.07) is 6.09. The minimum Gasteiger partial charge on any atom is -0.370 e. The van der Waals surface area contributed by atoms with Crippen LogP contribution in [-0.2, 0) is 0 Å². The van der Waals surface area contributed by atoms with Crippen molar-refractivity contribution < 1.29 is 4.79 Å². The third-order valence-electron chi connectivity index (χ3n) is 2.99. The average molecular weight is 235 g/mol. The third kappa shape index (κ3) is 2.40. The molecular weight excluding hydrogens is 218 g/mol. The number of anilines is 1. The fraction of sp³-hybridized carbons (Fsp3) is 0.462. The third-order valence-corrected chi connectivity index (χ3v) is 4.12. The van der Waals surface area contributed by atoms with Crippen molar-refractivity contribution in [1.82, 2.24) is 0 Å². The van der Waals surface area contributed by atoms with Gasteiger partial charge in [-0.15, -0.1) is 0 Å². The Bertz CT molecular complexity index is 392. The summed E-state index contributed by atoms with van der Waals surface area (Å²) in [6.07, 6.45) is 0.924. The van der Waals surface area contributed by atoms with Gasteiger partial charge in [0.25, 0.3) is 0 Å². The van der Waals surface area contributed by atoms with Gasteiger partial charge in [0.05, 0.1) is 0 Å². The van der Waals surface area contributed by atoms with Crippen molar-refractivity contribution in [3.63, 3.8) is 0 Å². The van der Waals surface area contributed by atoms with Crippen molar-refractivity contribution in [2.75, 3.05) is 23.7 Å². The molecule has 2 nitrogen and oxygen atoms in total. The molecule has 1 aromatic rings. The number of thioether (sulfide) groups is 1. The fourth-order valence-electron chi connectivity index (χ4n) is 2.04. The minimum absolute atomic E-state index is 0.694. The number of rotatable bonds is 2. The lowest BCUT2D eigenvalue weighted by Crippen LogP contribution is -2.36. The first kappa shape index (κ1) is 11.5. The summed E-state index contributed by atoms with van der Waals surface area (Å²) in [5.41, 5.74) is 3.11. The van der Waals surface area contributed by atoms with Crippen molar-refractivity contribution in [1.29, 1.82) is 0 Å². The molecule has 0 bridgehead atoms. The van der Waals surface area contributed by atoms with E-state index in [0.717, 1.165) is 30.5 Å². The lowest BCUT2D eigenvalue weighted by Gasteiger charge is -2.32. The van der Waals surface area contributed by atoms with Crippen LogP contribution in [0.25, 0.3) is 0 Å². The van der Waals surface area contributed by atoms with E-state index in [0.29, 0.717) is 5.25 Å². The molecular formula is C13H17NOS. The highest BCUT2D eigenvalue weighted by molar-refractivity contribution is 8.00. The van der Waals surface area contributed by atoms with E-state index >= 15 is 0 Å². The summed E-state index contributed by atoms with van der Waals surface area (Å²) in [6.45, 7) is 6.47. The van der Waals surface area contributed by atoms with Crippen LogP contribution < -0.4 is 4.90 Å². The fourth-order valence-corrected chi connectivity index (χ4v) is 3.06. The van der Waals surface area contributed by atoms with Crippen LogP contribution >= 0.6 is 11.8 Å².